The molecule has 3 aromatic rings. The molecule has 1 aliphatic carbocycles. The third-order valence-electron chi connectivity index (χ3n) is 4.73. The fourth-order valence-electron chi connectivity index (χ4n) is 3.10. The molecule has 4 N–H and O–H groups in total. The van der Waals surface area contributed by atoms with Gasteiger partial charge in [-0.05, 0) is 49.4 Å². The summed E-state index contributed by atoms with van der Waals surface area (Å²) in [6, 6.07) is 6.44. The van der Waals surface area contributed by atoms with Gasteiger partial charge in [0, 0.05) is 36.3 Å². The number of ether oxygens (including phenoxy) is 1. The van der Waals surface area contributed by atoms with Crippen molar-refractivity contribution in [3.63, 3.8) is 0 Å². The maximum absolute atomic E-state index is 6.13. The second-order valence-electron chi connectivity index (χ2n) is 6.70. The van der Waals surface area contributed by atoms with Crippen molar-refractivity contribution in [2.45, 2.75) is 32.7 Å². The smallest absolute Gasteiger partial charge is 0.221 e. The van der Waals surface area contributed by atoms with Crippen molar-refractivity contribution in [3.05, 3.63) is 41.7 Å². The molecule has 25 heavy (non-hydrogen) atoms. The molecule has 2 aromatic heterocycles. The molecule has 0 radical (unpaired) electrons. The SMILES string of the molecule is CCn1ccc2c(OCC3CC3)cc(Cc3cnc(N)nc3N)cc21. The Morgan fingerprint density at radius 3 is 2.84 bits per heavy atom. The second kappa shape index (κ2) is 6.27. The maximum Gasteiger partial charge on any atom is 0.221 e. The molecule has 130 valence electrons. The lowest BCUT2D eigenvalue weighted by Crippen LogP contribution is -2.05. The van der Waals surface area contributed by atoms with Gasteiger partial charge in [0.2, 0.25) is 5.95 Å². The lowest BCUT2D eigenvalue weighted by atomic mass is 10.0. The van der Waals surface area contributed by atoms with Gasteiger partial charge in [-0.25, -0.2) is 4.98 Å². The number of aryl methyl sites for hydroxylation is 1. The summed E-state index contributed by atoms with van der Waals surface area (Å²) in [5.74, 6) is 2.29. The van der Waals surface area contributed by atoms with Crippen LogP contribution in [0.25, 0.3) is 10.9 Å². The van der Waals surface area contributed by atoms with Gasteiger partial charge in [0.15, 0.2) is 0 Å². The first-order valence-electron chi connectivity index (χ1n) is 8.75. The summed E-state index contributed by atoms with van der Waals surface area (Å²) < 4.78 is 8.36. The predicted octanol–water partition coefficient (Wildman–Crippen LogP) is 3.00. The minimum atomic E-state index is 0.199. The van der Waals surface area contributed by atoms with E-state index in [-0.39, 0.29) is 5.95 Å². The van der Waals surface area contributed by atoms with Crippen LogP contribution in [-0.4, -0.2) is 21.1 Å². The molecule has 0 amide bonds. The lowest BCUT2D eigenvalue weighted by Gasteiger charge is -2.12. The van der Waals surface area contributed by atoms with Gasteiger partial charge < -0.3 is 20.8 Å². The van der Waals surface area contributed by atoms with Crippen molar-refractivity contribution < 1.29 is 4.74 Å². The fourth-order valence-corrected chi connectivity index (χ4v) is 3.10. The average molecular weight is 337 g/mol. The van der Waals surface area contributed by atoms with E-state index in [0.717, 1.165) is 35.4 Å². The molecule has 1 saturated carbocycles. The number of nitrogens with zero attached hydrogens (tertiary/aromatic N) is 3. The monoisotopic (exact) mass is 337 g/mol. The van der Waals surface area contributed by atoms with E-state index in [2.05, 4.69) is 45.9 Å². The molecular weight excluding hydrogens is 314 g/mol. The van der Waals surface area contributed by atoms with E-state index in [1.165, 1.54) is 18.4 Å². The quantitative estimate of drug-likeness (QED) is 0.721. The van der Waals surface area contributed by atoms with Gasteiger partial charge in [0.05, 0.1) is 12.1 Å². The Hall–Kier alpha value is -2.76. The van der Waals surface area contributed by atoms with Crippen molar-refractivity contribution in [3.8, 4) is 5.75 Å². The number of hydrogen-bond acceptors (Lipinski definition) is 5. The fraction of sp³-hybridized carbons (Fsp3) is 0.368. The Morgan fingerprint density at radius 2 is 2.12 bits per heavy atom. The molecule has 0 aliphatic heterocycles. The Morgan fingerprint density at radius 1 is 1.28 bits per heavy atom. The largest absolute Gasteiger partial charge is 0.493 e. The van der Waals surface area contributed by atoms with Crippen molar-refractivity contribution in [2.75, 3.05) is 18.1 Å². The predicted molar refractivity (Wildman–Crippen MR) is 99.5 cm³/mol. The molecule has 1 aliphatic rings. The minimum Gasteiger partial charge on any atom is -0.493 e. The van der Waals surface area contributed by atoms with Crippen LogP contribution in [0.3, 0.4) is 0 Å². The van der Waals surface area contributed by atoms with Crippen molar-refractivity contribution in [1.82, 2.24) is 14.5 Å². The zero-order chi connectivity index (χ0) is 17.4. The summed E-state index contributed by atoms with van der Waals surface area (Å²) in [6.07, 6.45) is 7.01. The van der Waals surface area contributed by atoms with Gasteiger partial charge >= 0.3 is 0 Å². The normalized spacial score (nSPS) is 14.1. The van der Waals surface area contributed by atoms with Crippen LogP contribution in [0.4, 0.5) is 11.8 Å². The van der Waals surface area contributed by atoms with Gasteiger partial charge in [0.25, 0.3) is 0 Å². The molecule has 0 atom stereocenters. The van der Waals surface area contributed by atoms with Gasteiger partial charge in [-0.15, -0.1) is 0 Å². The average Bonchev–Trinajstić information content (AvgIpc) is 3.33. The number of nitrogens with two attached hydrogens (primary N) is 2. The first-order chi connectivity index (χ1) is 12.1. The van der Waals surface area contributed by atoms with E-state index >= 15 is 0 Å². The van der Waals surface area contributed by atoms with Gasteiger partial charge in [-0.2, -0.15) is 4.98 Å². The van der Waals surface area contributed by atoms with Crippen LogP contribution in [0.15, 0.2) is 30.6 Å². The van der Waals surface area contributed by atoms with E-state index in [9.17, 15) is 0 Å². The first-order valence-corrected chi connectivity index (χ1v) is 8.75. The van der Waals surface area contributed by atoms with Crippen molar-refractivity contribution in [2.24, 2.45) is 5.92 Å². The molecule has 1 aromatic carbocycles. The van der Waals surface area contributed by atoms with Gasteiger partial charge in [0.1, 0.15) is 11.6 Å². The Balaban J connectivity index is 1.71. The maximum atomic E-state index is 6.13. The molecule has 0 bridgehead atoms. The van der Waals surface area contributed by atoms with Crippen LogP contribution in [0.2, 0.25) is 0 Å². The molecule has 0 saturated heterocycles. The topological polar surface area (TPSA) is 92.0 Å². The zero-order valence-electron chi connectivity index (χ0n) is 14.4. The summed E-state index contributed by atoms with van der Waals surface area (Å²) in [6.45, 7) is 3.85. The van der Waals surface area contributed by atoms with Crippen LogP contribution in [-0.2, 0) is 13.0 Å². The van der Waals surface area contributed by atoms with Crippen LogP contribution >= 0.6 is 0 Å². The highest BCUT2D eigenvalue weighted by Gasteiger charge is 2.22. The van der Waals surface area contributed by atoms with Crippen LogP contribution < -0.4 is 16.2 Å². The van der Waals surface area contributed by atoms with E-state index < -0.39 is 0 Å². The van der Waals surface area contributed by atoms with E-state index in [1.807, 2.05) is 0 Å². The Kier molecular flexibility index (Phi) is 3.95. The highest BCUT2D eigenvalue weighted by Crippen LogP contribution is 2.34. The summed E-state index contributed by atoms with van der Waals surface area (Å²) in [5.41, 5.74) is 14.8. The van der Waals surface area contributed by atoms with Crippen molar-refractivity contribution >= 4 is 22.7 Å². The zero-order valence-corrected chi connectivity index (χ0v) is 14.4. The van der Waals surface area contributed by atoms with Crippen LogP contribution in [0.1, 0.15) is 30.9 Å². The van der Waals surface area contributed by atoms with E-state index in [1.54, 1.807) is 6.20 Å². The van der Waals surface area contributed by atoms with E-state index in [0.29, 0.717) is 18.2 Å². The number of aromatic nitrogens is 3. The number of anilines is 2. The lowest BCUT2D eigenvalue weighted by molar-refractivity contribution is 0.303. The van der Waals surface area contributed by atoms with Crippen LogP contribution in [0, 0.1) is 5.92 Å². The van der Waals surface area contributed by atoms with Crippen molar-refractivity contribution in [1.29, 1.82) is 0 Å². The number of nitrogen functional groups attached to an aromatic ring is 2. The summed E-state index contributed by atoms with van der Waals surface area (Å²) in [7, 11) is 0. The molecule has 6 nitrogen and oxygen atoms in total. The molecule has 2 heterocycles. The number of rotatable bonds is 6. The Labute approximate surface area is 146 Å². The molecule has 6 heteroatoms. The number of benzene rings is 1. The standard InChI is InChI=1S/C19H23N5O/c1-2-24-6-5-15-16(24)8-13(9-17(15)25-11-12-3-4-12)7-14-10-22-19(21)23-18(14)20/h5-6,8-10,12H,2-4,7,11H2,1H3,(H4,20,21,22,23). The molecular formula is C19H23N5O. The second-order valence-corrected chi connectivity index (χ2v) is 6.70. The third-order valence-corrected chi connectivity index (χ3v) is 4.73. The van der Waals surface area contributed by atoms with Gasteiger partial charge in [-0.3, -0.25) is 0 Å². The number of hydrogen-bond donors (Lipinski definition) is 2. The highest BCUT2D eigenvalue weighted by molar-refractivity contribution is 5.87. The van der Waals surface area contributed by atoms with E-state index in [4.69, 9.17) is 16.2 Å². The summed E-state index contributed by atoms with van der Waals surface area (Å²) >= 11 is 0. The third kappa shape index (κ3) is 3.24. The minimum absolute atomic E-state index is 0.199. The van der Waals surface area contributed by atoms with Crippen LogP contribution in [0.5, 0.6) is 5.75 Å². The summed E-state index contributed by atoms with van der Waals surface area (Å²) in [5, 5.41) is 1.16. The first kappa shape index (κ1) is 15.7. The molecule has 1 fully saturated rings. The summed E-state index contributed by atoms with van der Waals surface area (Å²) in [4.78, 5) is 8.12. The molecule has 4 rings (SSSR count). The number of fused-ring (bicyclic) bond motifs is 1. The van der Waals surface area contributed by atoms with Gasteiger partial charge in [-0.1, -0.05) is 0 Å². The Bertz CT molecular complexity index is 914. The molecule has 0 spiro atoms. The molecule has 0 unspecified atom stereocenters. The highest BCUT2D eigenvalue weighted by atomic mass is 16.5.